The highest BCUT2D eigenvalue weighted by Gasteiger charge is 2.32. The quantitative estimate of drug-likeness (QED) is 0.882. The summed E-state index contributed by atoms with van der Waals surface area (Å²) in [6, 6.07) is 12.1. The van der Waals surface area contributed by atoms with Crippen molar-refractivity contribution in [2.45, 2.75) is 38.0 Å². The van der Waals surface area contributed by atoms with E-state index in [0.717, 1.165) is 26.2 Å². The van der Waals surface area contributed by atoms with Crippen LogP contribution in [-0.4, -0.2) is 43.3 Å². The molecule has 19 heavy (non-hydrogen) atoms. The molecule has 0 radical (unpaired) electrons. The molecule has 2 aliphatic heterocycles. The molecule has 3 nitrogen and oxygen atoms in total. The van der Waals surface area contributed by atoms with Crippen LogP contribution >= 0.6 is 0 Å². The van der Waals surface area contributed by atoms with Crippen molar-refractivity contribution in [3.8, 4) is 0 Å². The highest BCUT2D eigenvalue weighted by atomic mass is 16.5. The Kier molecular flexibility index (Phi) is 4.16. The normalized spacial score (nSPS) is 33.2. The van der Waals surface area contributed by atoms with Crippen LogP contribution in [0.1, 0.15) is 31.4 Å². The highest BCUT2D eigenvalue weighted by molar-refractivity contribution is 5.20. The molecule has 0 amide bonds. The van der Waals surface area contributed by atoms with Gasteiger partial charge in [-0.15, -0.1) is 0 Å². The van der Waals surface area contributed by atoms with E-state index in [2.05, 4.69) is 47.5 Å². The lowest BCUT2D eigenvalue weighted by Crippen LogP contribution is -2.52. The third kappa shape index (κ3) is 2.99. The lowest BCUT2D eigenvalue weighted by Gasteiger charge is -2.44. The molecule has 0 saturated carbocycles. The van der Waals surface area contributed by atoms with Crippen LogP contribution in [-0.2, 0) is 4.74 Å². The van der Waals surface area contributed by atoms with Gasteiger partial charge in [0, 0.05) is 38.3 Å². The van der Waals surface area contributed by atoms with E-state index in [1.54, 1.807) is 0 Å². The zero-order chi connectivity index (χ0) is 13.1. The summed E-state index contributed by atoms with van der Waals surface area (Å²) < 4.78 is 5.70. The second kappa shape index (κ2) is 6.04. The summed E-state index contributed by atoms with van der Waals surface area (Å²) in [6.45, 7) is 6.44. The fraction of sp³-hybridized carbons (Fsp3) is 0.625. The Bertz CT molecular complexity index is 395. The number of nitrogens with zero attached hydrogens (tertiary/aromatic N) is 1. The van der Waals surface area contributed by atoms with E-state index in [1.165, 1.54) is 18.4 Å². The van der Waals surface area contributed by atoms with Crippen LogP contribution in [0.25, 0.3) is 0 Å². The van der Waals surface area contributed by atoms with Gasteiger partial charge in [0.05, 0.1) is 6.10 Å². The Morgan fingerprint density at radius 2 is 2.11 bits per heavy atom. The number of hydrogen-bond acceptors (Lipinski definition) is 3. The van der Waals surface area contributed by atoms with Crippen molar-refractivity contribution in [1.82, 2.24) is 10.2 Å². The first-order chi connectivity index (χ1) is 9.34. The first kappa shape index (κ1) is 13.1. The summed E-state index contributed by atoms with van der Waals surface area (Å²) in [5.74, 6) is 0. The Morgan fingerprint density at radius 3 is 2.89 bits per heavy atom. The Morgan fingerprint density at radius 1 is 1.26 bits per heavy atom. The maximum absolute atomic E-state index is 5.70. The van der Waals surface area contributed by atoms with Crippen LogP contribution in [0.4, 0.5) is 0 Å². The predicted molar refractivity (Wildman–Crippen MR) is 77.2 cm³/mol. The van der Waals surface area contributed by atoms with Gasteiger partial charge in [-0.05, 0) is 25.3 Å². The fourth-order valence-corrected chi connectivity index (χ4v) is 3.42. The molecule has 1 aromatic carbocycles. The lowest BCUT2D eigenvalue weighted by molar-refractivity contribution is -0.0331. The van der Waals surface area contributed by atoms with E-state index in [1.807, 2.05) is 0 Å². The van der Waals surface area contributed by atoms with Crippen molar-refractivity contribution < 1.29 is 4.74 Å². The molecule has 2 aliphatic rings. The molecular formula is C16H24N2O. The van der Waals surface area contributed by atoms with Gasteiger partial charge in [-0.2, -0.15) is 0 Å². The van der Waals surface area contributed by atoms with Gasteiger partial charge in [0.25, 0.3) is 0 Å². The topological polar surface area (TPSA) is 24.5 Å². The van der Waals surface area contributed by atoms with Crippen LogP contribution in [0, 0.1) is 0 Å². The van der Waals surface area contributed by atoms with Crippen molar-refractivity contribution in [3.05, 3.63) is 35.9 Å². The zero-order valence-electron chi connectivity index (χ0n) is 11.7. The maximum Gasteiger partial charge on any atom is 0.0561 e. The smallest absolute Gasteiger partial charge is 0.0561 e. The van der Waals surface area contributed by atoms with Crippen molar-refractivity contribution >= 4 is 0 Å². The molecule has 3 rings (SSSR count). The van der Waals surface area contributed by atoms with E-state index >= 15 is 0 Å². The summed E-state index contributed by atoms with van der Waals surface area (Å²) in [5.41, 5.74) is 1.44. The van der Waals surface area contributed by atoms with E-state index in [4.69, 9.17) is 4.74 Å². The van der Waals surface area contributed by atoms with Gasteiger partial charge < -0.3 is 10.1 Å². The first-order valence-electron chi connectivity index (χ1n) is 7.47. The minimum atomic E-state index is 0.407. The molecule has 0 spiro atoms. The third-order valence-corrected chi connectivity index (χ3v) is 4.40. The van der Waals surface area contributed by atoms with Crippen molar-refractivity contribution in [3.63, 3.8) is 0 Å². The second-order valence-corrected chi connectivity index (χ2v) is 5.73. The minimum absolute atomic E-state index is 0.407. The van der Waals surface area contributed by atoms with Gasteiger partial charge in [0.15, 0.2) is 0 Å². The fourth-order valence-electron chi connectivity index (χ4n) is 3.42. The van der Waals surface area contributed by atoms with E-state index in [-0.39, 0.29) is 0 Å². The highest BCUT2D eigenvalue weighted by Crippen LogP contribution is 2.29. The van der Waals surface area contributed by atoms with Crippen LogP contribution in [0.2, 0.25) is 0 Å². The molecule has 3 unspecified atom stereocenters. The maximum atomic E-state index is 5.70. The van der Waals surface area contributed by atoms with Crippen molar-refractivity contribution in [2.75, 3.05) is 26.2 Å². The first-order valence-corrected chi connectivity index (χ1v) is 7.47. The Balaban J connectivity index is 1.77. The monoisotopic (exact) mass is 260 g/mol. The molecule has 0 aromatic heterocycles. The van der Waals surface area contributed by atoms with Crippen LogP contribution in [0.3, 0.4) is 0 Å². The predicted octanol–water partition coefficient (Wildman–Crippen LogP) is 2.20. The number of rotatable bonds is 2. The number of piperazine rings is 1. The minimum Gasteiger partial charge on any atom is -0.378 e. The third-order valence-electron chi connectivity index (χ3n) is 4.40. The molecular weight excluding hydrogens is 236 g/mol. The Labute approximate surface area is 115 Å². The molecule has 2 saturated heterocycles. The zero-order valence-corrected chi connectivity index (χ0v) is 11.7. The van der Waals surface area contributed by atoms with Crippen LogP contribution in [0.15, 0.2) is 30.3 Å². The number of hydrogen-bond donors (Lipinski definition) is 1. The standard InChI is InChI=1S/C16H24N2O/c1-13-11-15(7-10-19-13)18-9-8-17-12-16(18)14-5-3-2-4-6-14/h2-6,13,15-17H,7-12H2,1H3. The molecule has 2 fully saturated rings. The van der Waals surface area contributed by atoms with E-state index in [0.29, 0.717) is 18.2 Å². The van der Waals surface area contributed by atoms with Gasteiger partial charge >= 0.3 is 0 Å². The average Bonchev–Trinajstić information content (AvgIpc) is 2.48. The van der Waals surface area contributed by atoms with Gasteiger partial charge in [-0.3, -0.25) is 4.90 Å². The molecule has 3 heteroatoms. The summed E-state index contributed by atoms with van der Waals surface area (Å²) in [4.78, 5) is 2.70. The van der Waals surface area contributed by atoms with Crippen LogP contribution in [0.5, 0.6) is 0 Å². The summed E-state index contributed by atoms with van der Waals surface area (Å²) in [5, 5.41) is 3.54. The van der Waals surface area contributed by atoms with Crippen LogP contribution < -0.4 is 5.32 Å². The van der Waals surface area contributed by atoms with Gasteiger partial charge in [0.1, 0.15) is 0 Å². The molecule has 0 bridgehead atoms. The molecule has 104 valence electrons. The molecule has 1 aromatic rings. The molecule has 3 atom stereocenters. The Hall–Kier alpha value is -0.900. The van der Waals surface area contributed by atoms with Crippen molar-refractivity contribution in [2.24, 2.45) is 0 Å². The summed E-state index contributed by atoms with van der Waals surface area (Å²) in [7, 11) is 0. The summed E-state index contributed by atoms with van der Waals surface area (Å²) >= 11 is 0. The average molecular weight is 260 g/mol. The van der Waals surface area contributed by atoms with Gasteiger partial charge in [0.2, 0.25) is 0 Å². The number of ether oxygens (including phenoxy) is 1. The largest absolute Gasteiger partial charge is 0.378 e. The molecule has 1 N–H and O–H groups in total. The van der Waals surface area contributed by atoms with Gasteiger partial charge in [-0.1, -0.05) is 30.3 Å². The van der Waals surface area contributed by atoms with E-state index < -0.39 is 0 Å². The number of benzene rings is 1. The van der Waals surface area contributed by atoms with Crippen molar-refractivity contribution in [1.29, 1.82) is 0 Å². The second-order valence-electron chi connectivity index (χ2n) is 5.73. The number of nitrogens with one attached hydrogen (secondary N) is 1. The van der Waals surface area contributed by atoms with Gasteiger partial charge in [-0.25, -0.2) is 0 Å². The van der Waals surface area contributed by atoms with E-state index in [9.17, 15) is 0 Å². The summed E-state index contributed by atoms with van der Waals surface area (Å²) in [6.07, 6.45) is 2.75. The SMILES string of the molecule is CC1CC(N2CCNCC2c2ccccc2)CCO1. The molecule has 0 aliphatic carbocycles. The lowest BCUT2D eigenvalue weighted by atomic mass is 9.96. The molecule has 2 heterocycles.